The number of benzene rings is 1. The van der Waals surface area contributed by atoms with Gasteiger partial charge in [0.15, 0.2) is 0 Å². The molecular weight excluding hydrogens is 246 g/mol. The van der Waals surface area contributed by atoms with Crippen LogP contribution in [0.2, 0.25) is 0 Å². The predicted octanol–water partition coefficient (Wildman–Crippen LogP) is 3.06. The Morgan fingerprint density at radius 2 is 2.05 bits per heavy atom. The third-order valence-electron chi connectivity index (χ3n) is 3.80. The van der Waals surface area contributed by atoms with Crippen molar-refractivity contribution < 1.29 is 8.78 Å². The number of rotatable bonds is 5. The zero-order chi connectivity index (χ0) is 13.7. The minimum Gasteiger partial charge on any atom is -0.312 e. The third kappa shape index (κ3) is 4.55. The highest BCUT2D eigenvalue weighted by atomic mass is 19.3. The van der Waals surface area contributed by atoms with Crippen LogP contribution in [0, 0.1) is 5.92 Å². The summed E-state index contributed by atoms with van der Waals surface area (Å²) < 4.78 is 25.1. The van der Waals surface area contributed by atoms with Crippen molar-refractivity contribution in [3.05, 3.63) is 35.4 Å². The van der Waals surface area contributed by atoms with Gasteiger partial charge in [-0.15, -0.1) is 0 Å². The molecule has 1 N–H and O–H groups in total. The molecule has 1 saturated heterocycles. The molecule has 1 aliphatic heterocycles. The minimum atomic E-state index is -2.38. The van der Waals surface area contributed by atoms with Gasteiger partial charge in [-0.1, -0.05) is 18.2 Å². The molecule has 0 aromatic heterocycles. The van der Waals surface area contributed by atoms with Crippen LogP contribution in [0.4, 0.5) is 8.78 Å². The summed E-state index contributed by atoms with van der Waals surface area (Å²) in [6, 6.07) is 6.67. The second kappa shape index (κ2) is 6.96. The largest absolute Gasteiger partial charge is 0.312 e. The van der Waals surface area contributed by atoms with Crippen LogP contribution in [0.3, 0.4) is 0 Å². The number of hydrogen-bond acceptors (Lipinski definition) is 2. The van der Waals surface area contributed by atoms with E-state index in [-0.39, 0.29) is 5.56 Å². The molecule has 0 radical (unpaired) electrons. The lowest BCUT2D eigenvalue weighted by atomic mass is 9.97. The number of hydrogen-bond donors (Lipinski definition) is 1. The SMILES string of the molecule is CN1CCC(CNCc2cccc(C(F)F)c2)CC1. The lowest BCUT2D eigenvalue weighted by molar-refractivity contribution is 0.151. The Labute approximate surface area is 113 Å². The molecule has 0 amide bonds. The number of piperidine rings is 1. The first-order valence-corrected chi connectivity index (χ1v) is 6.91. The monoisotopic (exact) mass is 268 g/mol. The van der Waals surface area contributed by atoms with E-state index in [2.05, 4.69) is 17.3 Å². The number of nitrogens with one attached hydrogen (secondary N) is 1. The van der Waals surface area contributed by atoms with Gasteiger partial charge >= 0.3 is 0 Å². The maximum absolute atomic E-state index is 12.6. The number of nitrogens with zero attached hydrogens (tertiary/aromatic N) is 1. The fourth-order valence-electron chi connectivity index (χ4n) is 2.53. The van der Waals surface area contributed by atoms with Gasteiger partial charge in [0, 0.05) is 12.1 Å². The Morgan fingerprint density at radius 3 is 2.74 bits per heavy atom. The fourth-order valence-corrected chi connectivity index (χ4v) is 2.53. The minimum absolute atomic E-state index is 0.110. The summed E-state index contributed by atoms with van der Waals surface area (Å²) in [7, 11) is 2.15. The van der Waals surface area contributed by atoms with Crippen molar-refractivity contribution in [1.29, 1.82) is 0 Å². The molecule has 1 aliphatic rings. The van der Waals surface area contributed by atoms with Crippen LogP contribution in [0.25, 0.3) is 0 Å². The quantitative estimate of drug-likeness (QED) is 0.883. The first kappa shape index (κ1) is 14.4. The first-order chi connectivity index (χ1) is 9.15. The van der Waals surface area contributed by atoms with Crippen molar-refractivity contribution in [2.75, 3.05) is 26.7 Å². The summed E-state index contributed by atoms with van der Waals surface area (Å²) in [5.74, 6) is 0.717. The van der Waals surface area contributed by atoms with Crippen molar-refractivity contribution in [3.63, 3.8) is 0 Å². The Bertz CT molecular complexity index is 387. The van der Waals surface area contributed by atoms with Crippen LogP contribution in [0.5, 0.6) is 0 Å². The van der Waals surface area contributed by atoms with Crippen LogP contribution in [-0.2, 0) is 6.54 Å². The number of alkyl halides is 2. The molecule has 4 heteroatoms. The van der Waals surface area contributed by atoms with Crippen LogP contribution in [0.1, 0.15) is 30.4 Å². The standard InChI is InChI=1S/C15H22F2N2/c1-19-7-5-12(6-8-19)10-18-11-13-3-2-4-14(9-13)15(16)17/h2-4,9,12,15,18H,5-8,10-11H2,1H3. The average molecular weight is 268 g/mol. The molecule has 106 valence electrons. The fraction of sp³-hybridized carbons (Fsp3) is 0.600. The molecule has 19 heavy (non-hydrogen) atoms. The summed E-state index contributed by atoms with van der Waals surface area (Å²) in [6.45, 7) is 3.97. The Balaban J connectivity index is 1.75. The molecule has 0 bridgehead atoms. The molecule has 1 fully saturated rings. The molecule has 2 rings (SSSR count). The Morgan fingerprint density at radius 1 is 1.32 bits per heavy atom. The zero-order valence-corrected chi connectivity index (χ0v) is 11.4. The van der Waals surface area contributed by atoms with Crippen LogP contribution < -0.4 is 5.32 Å². The first-order valence-electron chi connectivity index (χ1n) is 6.91. The average Bonchev–Trinajstić information content (AvgIpc) is 2.41. The maximum atomic E-state index is 12.6. The molecule has 1 aromatic carbocycles. The van der Waals surface area contributed by atoms with Crippen molar-refractivity contribution in [1.82, 2.24) is 10.2 Å². The molecule has 0 saturated carbocycles. The van der Waals surface area contributed by atoms with Gasteiger partial charge in [0.1, 0.15) is 0 Å². The molecule has 0 spiro atoms. The number of halogens is 2. The topological polar surface area (TPSA) is 15.3 Å². The molecule has 0 atom stereocenters. The van der Waals surface area contributed by atoms with E-state index < -0.39 is 6.43 Å². The summed E-state index contributed by atoms with van der Waals surface area (Å²) in [5.41, 5.74) is 1.05. The highest BCUT2D eigenvalue weighted by Crippen LogP contribution is 2.19. The van der Waals surface area contributed by atoms with Gasteiger partial charge in [-0.05, 0) is 57.1 Å². The van der Waals surface area contributed by atoms with Crippen LogP contribution in [-0.4, -0.2) is 31.6 Å². The second-order valence-electron chi connectivity index (χ2n) is 5.42. The summed E-state index contributed by atoms with van der Waals surface area (Å²) >= 11 is 0. The van der Waals surface area contributed by atoms with E-state index in [1.807, 2.05) is 6.07 Å². The normalized spacial score (nSPS) is 18.1. The molecule has 2 nitrogen and oxygen atoms in total. The van der Waals surface area contributed by atoms with Gasteiger partial charge < -0.3 is 10.2 Å². The maximum Gasteiger partial charge on any atom is 0.263 e. The van der Waals surface area contributed by atoms with E-state index in [1.165, 1.54) is 18.9 Å². The highest BCUT2D eigenvalue weighted by Gasteiger charge is 2.15. The smallest absolute Gasteiger partial charge is 0.263 e. The van der Waals surface area contributed by atoms with Crippen molar-refractivity contribution in [2.45, 2.75) is 25.8 Å². The van der Waals surface area contributed by atoms with E-state index in [0.717, 1.165) is 31.1 Å². The van der Waals surface area contributed by atoms with Crippen molar-refractivity contribution in [2.24, 2.45) is 5.92 Å². The number of likely N-dealkylation sites (tertiary alicyclic amines) is 1. The molecule has 1 heterocycles. The van der Waals surface area contributed by atoms with E-state index in [1.54, 1.807) is 12.1 Å². The molecular formula is C15H22F2N2. The van der Waals surface area contributed by atoms with Gasteiger partial charge in [-0.2, -0.15) is 0 Å². The molecule has 1 aromatic rings. The Kier molecular flexibility index (Phi) is 5.28. The molecule has 0 unspecified atom stereocenters. The highest BCUT2D eigenvalue weighted by molar-refractivity contribution is 5.24. The van der Waals surface area contributed by atoms with Crippen LogP contribution in [0.15, 0.2) is 24.3 Å². The summed E-state index contributed by atoms with van der Waals surface area (Å²) in [4.78, 5) is 2.35. The predicted molar refractivity (Wildman–Crippen MR) is 73.3 cm³/mol. The van der Waals surface area contributed by atoms with E-state index >= 15 is 0 Å². The zero-order valence-electron chi connectivity index (χ0n) is 11.4. The van der Waals surface area contributed by atoms with Gasteiger partial charge in [-0.3, -0.25) is 0 Å². The van der Waals surface area contributed by atoms with Crippen LogP contribution >= 0.6 is 0 Å². The summed E-state index contributed by atoms with van der Waals surface area (Å²) in [5, 5.41) is 3.39. The summed E-state index contributed by atoms with van der Waals surface area (Å²) in [6.07, 6.45) is 0.0649. The lowest BCUT2D eigenvalue weighted by Crippen LogP contribution is -2.34. The second-order valence-corrected chi connectivity index (χ2v) is 5.42. The van der Waals surface area contributed by atoms with Crippen molar-refractivity contribution in [3.8, 4) is 0 Å². The van der Waals surface area contributed by atoms with E-state index in [0.29, 0.717) is 6.54 Å². The van der Waals surface area contributed by atoms with Gasteiger partial charge in [-0.25, -0.2) is 8.78 Å². The van der Waals surface area contributed by atoms with E-state index in [9.17, 15) is 8.78 Å². The molecule has 0 aliphatic carbocycles. The lowest BCUT2D eigenvalue weighted by Gasteiger charge is -2.29. The third-order valence-corrected chi connectivity index (χ3v) is 3.80. The Hall–Kier alpha value is -1.00. The van der Waals surface area contributed by atoms with Gasteiger partial charge in [0.25, 0.3) is 6.43 Å². The van der Waals surface area contributed by atoms with Crippen molar-refractivity contribution >= 4 is 0 Å². The van der Waals surface area contributed by atoms with E-state index in [4.69, 9.17) is 0 Å². The van der Waals surface area contributed by atoms with Gasteiger partial charge in [0.05, 0.1) is 0 Å². The van der Waals surface area contributed by atoms with Gasteiger partial charge in [0.2, 0.25) is 0 Å².